The highest BCUT2D eigenvalue weighted by molar-refractivity contribution is 9.11. The van der Waals surface area contributed by atoms with E-state index >= 15 is 0 Å². The minimum absolute atomic E-state index is 0.106. The molecule has 0 saturated carbocycles. The van der Waals surface area contributed by atoms with Crippen LogP contribution in [0.2, 0.25) is 0 Å². The topological polar surface area (TPSA) is 20.3 Å². The van der Waals surface area contributed by atoms with E-state index in [9.17, 15) is 4.79 Å². The lowest BCUT2D eigenvalue weighted by molar-refractivity contribution is 0.0743. The van der Waals surface area contributed by atoms with Gasteiger partial charge in [-0.3, -0.25) is 4.79 Å². The SMILES string of the molecule is CCCN(Cc1ccc(C)cc1)C(=O)c1csc(Br)c1. The van der Waals surface area contributed by atoms with Gasteiger partial charge in [0.2, 0.25) is 0 Å². The molecule has 0 spiro atoms. The highest BCUT2D eigenvalue weighted by Crippen LogP contribution is 2.22. The van der Waals surface area contributed by atoms with E-state index in [1.807, 2.05) is 16.3 Å². The lowest BCUT2D eigenvalue weighted by atomic mass is 10.1. The van der Waals surface area contributed by atoms with Crippen LogP contribution in [0.3, 0.4) is 0 Å². The second-order valence-electron chi connectivity index (χ2n) is 4.85. The highest BCUT2D eigenvalue weighted by Gasteiger charge is 2.16. The fraction of sp³-hybridized carbons (Fsp3) is 0.312. The van der Waals surface area contributed by atoms with Crippen molar-refractivity contribution in [3.05, 3.63) is 56.2 Å². The molecular formula is C16H18BrNOS. The summed E-state index contributed by atoms with van der Waals surface area (Å²) >= 11 is 4.96. The van der Waals surface area contributed by atoms with Crippen molar-refractivity contribution in [3.63, 3.8) is 0 Å². The minimum atomic E-state index is 0.106. The molecule has 106 valence electrons. The Bertz CT molecular complexity index is 576. The molecule has 0 N–H and O–H groups in total. The quantitative estimate of drug-likeness (QED) is 0.752. The lowest BCUT2D eigenvalue weighted by Gasteiger charge is -2.22. The molecule has 1 aromatic heterocycles. The van der Waals surface area contributed by atoms with Gasteiger partial charge in [0.1, 0.15) is 0 Å². The van der Waals surface area contributed by atoms with Crippen molar-refractivity contribution in [1.82, 2.24) is 4.90 Å². The van der Waals surface area contributed by atoms with Crippen LogP contribution in [0.5, 0.6) is 0 Å². The Morgan fingerprint density at radius 3 is 2.55 bits per heavy atom. The van der Waals surface area contributed by atoms with Crippen LogP contribution >= 0.6 is 27.3 Å². The third-order valence-corrected chi connectivity index (χ3v) is 4.59. The summed E-state index contributed by atoms with van der Waals surface area (Å²) < 4.78 is 0.993. The number of carbonyl (C=O) groups is 1. The summed E-state index contributed by atoms with van der Waals surface area (Å²) in [6, 6.07) is 10.3. The van der Waals surface area contributed by atoms with Crippen LogP contribution in [-0.4, -0.2) is 17.4 Å². The van der Waals surface area contributed by atoms with Crippen LogP contribution in [0.15, 0.2) is 39.5 Å². The van der Waals surface area contributed by atoms with Gasteiger partial charge in [-0.1, -0.05) is 36.8 Å². The number of carbonyl (C=O) groups excluding carboxylic acids is 1. The zero-order chi connectivity index (χ0) is 14.5. The Kier molecular flexibility index (Phi) is 5.38. The summed E-state index contributed by atoms with van der Waals surface area (Å²) in [7, 11) is 0. The molecule has 0 aliphatic rings. The van der Waals surface area contributed by atoms with E-state index in [-0.39, 0.29) is 5.91 Å². The van der Waals surface area contributed by atoms with Gasteiger partial charge in [-0.05, 0) is 40.9 Å². The van der Waals surface area contributed by atoms with Gasteiger partial charge in [0, 0.05) is 18.5 Å². The average molecular weight is 352 g/mol. The van der Waals surface area contributed by atoms with E-state index in [1.54, 1.807) is 11.3 Å². The number of nitrogens with zero attached hydrogens (tertiary/aromatic N) is 1. The van der Waals surface area contributed by atoms with Crippen molar-refractivity contribution in [2.75, 3.05) is 6.54 Å². The van der Waals surface area contributed by atoms with E-state index < -0.39 is 0 Å². The maximum absolute atomic E-state index is 12.5. The van der Waals surface area contributed by atoms with Gasteiger partial charge in [0.15, 0.2) is 0 Å². The monoisotopic (exact) mass is 351 g/mol. The van der Waals surface area contributed by atoms with Gasteiger partial charge in [-0.25, -0.2) is 0 Å². The van der Waals surface area contributed by atoms with Crippen LogP contribution in [-0.2, 0) is 6.54 Å². The van der Waals surface area contributed by atoms with E-state index in [4.69, 9.17) is 0 Å². The molecule has 0 bridgehead atoms. The molecule has 2 aromatic rings. The number of amides is 1. The molecule has 2 nitrogen and oxygen atoms in total. The van der Waals surface area contributed by atoms with Crippen LogP contribution < -0.4 is 0 Å². The van der Waals surface area contributed by atoms with Crippen molar-refractivity contribution < 1.29 is 4.79 Å². The fourth-order valence-electron chi connectivity index (χ4n) is 2.04. The molecule has 1 amide bonds. The summed E-state index contributed by atoms with van der Waals surface area (Å²) in [5, 5.41) is 1.91. The molecule has 0 atom stereocenters. The van der Waals surface area contributed by atoms with E-state index in [1.165, 1.54) is 11.1 Å². The first kappa shape index (κ1) is 15.3. The van der Waals surface area contributed by atoms with Crippen molar-refractivity contribution in [2.24, 2.45) is 0 Å². The smallest absolute Gasteiger partial charge is 0.255 e. The number of aryl methyl sites for hydroxylation is 1. The van der Waals surface area contributed by atoms with Gasteiger partial charge in [0.25, 0.3) is 5.91 Å². The second-order valence-corrected chi connectivity index (χ2v) is 7.14. The standard InChI is InChI=1S/C16H18BrNOS/c1-3-8-18(10-13-6-4-12(2)5-7-13)16(19)14-9-15(17)20-11-14/h4-7,9,11H,3,8,10H2,1-2H3. The molecule has 20 heavy (non-hydrogen) atoms. The molecule has 0 aliphatic heterocycles. The Hall–Kier alpha value is -1.13. The molecule has 1 aromatic carbocycles. The molecule has 0 radical (unpaired) electrons. The van der Waals surface area contributed by atoms with Gasteiger partial charge in [-0.15, -0.1) is 11.3 Å². The van der Waals surface area contributed by atoms with Gasteiger partial charge < -0.3 is 4.90 Å². The normalized spacial score (nSPS) is 10.6. The number of rotatable bonds is 5. The van der Waals surface area contributed by atoms with E-state index in [2.05, 4.69) is 54.0 Å². The summed E-state index contributed by atoms with van der Waals surface area (Å²) in [5.74, 6) is 0.106. The summed E-state index contributed by atoms with van der Waals surface area (Å²) in [6.07, 6.45) is 0.961. The van der Waals surface area contributed by atoms with Crippen molar-refractivity contribution in [2.45, 2.75) is 26.8 Å². The Balaban J connectivity index is 2.14. The first-order chi connectivity index (χ1) is 9.60. The maximum atomic E-state index is 12.5. The molecule has 0 fully saturated rings. The molecule has 0 aliphatic carbocycles. The summed E-state index contributed by atoms with van der Waals surface area (Å²) in [4.78, 5) is 14.4. The minimum Gasteiger partial charge on any atom is -0.334 e. The summed E-state index contributed by atoms with van der Waals surface area (Å²) in [6.45, 7) is 5.61. The van der Waals surface area contributed by atoms with Gasteiger partial charge >= 0.3 is 0 Å². The van der Waals surface area contributed by atoms with Crippen LogP contribution in [0.1, 0.15) is 34.8 Å². The first-order valence-electron chi connectivity index (χ1n) is 6.69. The molecule has 0 unspecified atom stereocenters. The van der Waals surface area contributed by atoms with E-state index in [0.29, 0.717) is 6.54 Å². The van der Waals surface area contributed by atoms with Crippen molar-refractivity contribution in [3.8, 4) is 0 Å². The molecule has 2 rings (SSSR count). The molecule has 1 heterocycles. The predicted molar refractivity (Wildman–Crippen MR) is 88.2 cm³/mol. The third kappa shape index (κ3) is 3.93. The van der Waals surface area contributed by atoms with Gasteiger partial charge in [-0.2, -0.15) is 0 Å². The number of thiophene rings is 1. The van der Waals surface area contributed by atoms with Crippen LogP contribution in [0.25, 0.3) is 0 Å². The zero-order valence-electron chi connectivity index (χ0n) is 11.7. The Morgan fingerprint density at radius 1 is 1.30 bits per heavy atom. The highest BCUT2D eigenvalue weighted by atomic mass is 79.9. The first-order valence-corrected chi connectivity index (χ1v) is 8.36. The largest absolute Gasteiger partial charge is 0.334 e. The van der Waals surface area contributed by atoms with Crippen LogP contribution in [0, 0.1) is 6.92 Å². The Morgan fingerprint density at radius 2 is 2.00 bits per heavy atom. The number of hydrogen-bond donors (Lipinski definition) is 0. The third-order valence-electron chi connectivity index (χ3n) is 3.09. The van der Waals surface area contributed by atoms with E-state index in [0.717, 1.165) is 22.3 Å². The van der Waals surface area contributed by atoms with Crippen molar-refractivity contribution in [1.29, 1.82) is 0 Å². The predicted octanol–water partition coefficient (Wildman–Crippen LogP) is 4.87. The Labute approximate surface area is 132 Å². The zero-order valence-corrected chi connectivity index (χ0v) is 14.1. The number of hydrogen-bond acceptors (Lipinski definition) is 2. The maximum Gasteiger partial charge on any atom is 0.255 e. The molecule has 0 saturated heterocycles. The number of benzene rings is 1. The molecular weight excluding hydrogens is 334 g/mol. The number of halogens is 1. The lowest BCUT2D eigenvalue weighted by Crippen LogP contribution is -2.31. The van der Waals surface area contributed by atoms with Gasteiger partial charge in [0.05, 0.1) is 9.35 Å². The summed E-state index contributed by atoms with van der Waals surface area (Å²) in [5.41, 5.74) is 3.18. The molecule has 4 heteroatoms. The second kappa shape index (κ2) is 7.04. The fourth-order valence-corrected chi connectivity index (χ4v) is 3.17. The van der Waals surface area contributed by atoms with Crippen molar-refractivity contribution >= 4 is 33.2 Å². The average Bonchev–Trinajstić information content (AvgIpc) is 2.86. The van der Waals surface area contributed by atoms with Crippen LogP contribution in [0.4, 0.5) is 0 Å².